The molecule has 2 atom stereocenters. The fraction of sp³-hybridized carbons (Fsp3) is 0.417. The maximum absolute atomic E-state index is 13.2. The number of ether oxygens (including phenoxy) is 1. The van der Waals surface area contributed by atoms with Crippen molar-refractivity contribution in [2.75, 3.05) is 44.3 Å². The number of primary sulfonamides is 1. The Morgan fingerprint density at radius 3 is 2.37 bits per heavy atom. The number of halogens is 1. The van der Waals surface area contributed by atoms with E-state index in [0.717, 1.165) is 44.8 Å². The van der Waals surface area contributed by atoms with E-state index in [1.807, 2.05) is 0 Å². The summed E-state index contributed by atoms with van der Waals surface area (Å²) >= 11 is 6.07. The average Bonchev–Trinajstić information content (AvgIpc) is 3.19. The number of carbonyl (C=O) groups excluding carboxylic acids is 2. The number of nitrogens with zero attached hydrogens (tertiary/aromatic N) is 2. The number of amides is 2. The van der Waals surface area contributed by atoms with Crippen LogP contribution in [0.2, 0.25) is 5.02 Å². The summed E-state index contributed by atoms with van der Waals surface area (Å²) in [6.07, 6.45) is 0.844. The summed E-state index contributed by atoms with van der Waals surface area (Å²) in [7, 11) is -3.87. The third-order valence-electron chi connectivity index (χ3n) is 6.37. The maximum Gasteiger partial charge on any atom is 0.238 e. The Hall–Kier alpha value is -2.50. The Kier molecular flexibility index (Phi) is 8.08. The molecule has 2 aromatic carbocycles. The second-order valence-electron chi connectivity index (χ2n) is 8.71. The van der Waals surface area contributed by atoms with Crippen LogP contribution in [0.15, 0.2) is 53.4 Å². The number of nitrogens with one attached hydrogen (secondary N) is 1. The summed E-state index contributed by atoms with van der Waals surface area (Å²) < 4.78 is 28.6. The van der Waals surface area contributed by atoms with Gasteiger partial charge in [-0.3, -0.25) is 14.5 Å². The summed E-state index contributed by atoms with van der Waals surface area (Å²) in [6.45, 7) is 4.63. The molecule has 2 heterocycles. The van der Waals surface area contributed by atoms with Gasteiger partial charge >= 0.3 is 0 Å². The van der Waals surface area contributed by atoms with Crippen molar-refractivity contribution in [2.24, 2.45) is 11.1 Å². The normalized spacial score (nSPS) is 21.3. The Morgan fingerprint density at radius 1 is 1.09 bits per heavy atom. The molecule has 0 aliphatic carbocycles. The van der Waals surface area contributed by atoms with Crippen LogP contribution in [0.3, 0.4) is 0 Å². The van der Waals surface area contributed by atoms with Gasteiger partial charge in [0.2, 0.25) is 21.8 Å². The van der Waals surface area contributed by atoms with E-state index in [1.165, 1.54) is 24.3 Å². The first-order valence-corrected chi connectivity index (χ1v) is 13.4. The Bertz CT molecular complexity index is 1150. The number of rotatable bonds is 8. The van der Waals surface area contributed by atoms with Crippen molar-refractivity contribution >= 4 is 39.1 Å². The van der Waals surface area contributed by atoms with Gasteiger partial charge in [0.1, 0.15) is 0 Å². The minimum Gasteiger partial charge on any atom is -0.379 e. The number of carbonyl (C=O) groups is 2. The van der Waals surface area contributed by atoms with Crippen LogP contribution in [0, 0.1) is 5.92 Å². The average molecular weight is 521 g/mol. The fourth-order valence-corrected chi connectivity index (χ4v) is 5.22. The largest absolute Gasteiger partial charge is 0.379 e. The van der Waals surface area contributed by atoms with Gasteiger partial charge < -0.3 is 15.0 Å². The highest BCUT2D eigenvalue weighted by atomic mass is 35.5. The lowest BCUT2D eigenvalue weighted by Gasteiger charge is -2.29. The van der Waals surface area contributed by atoms with E-state index >= 15 is 0 Å². The molecule has 2 saturated heterocycles. The van der Waals surface area contributed by atoms with Gasteiger partial charge in [0.15, 0.2) is 0 Å². The number of morpholine rings is 1. The molecule has 2 amide bonds. The molecular weight excluding hydrogens is 492 g/mol. The first-order valence-electron chi connectivity index (χ1n) is 11.5. The smallest absolute Gasteiger partial charge is 0.238 e. The molecule has 2 aromatic rings. The van der Waals surface area contributed by atoms with Crippen molar-refractivity contribution in [1.82, 2.24) is 10.2 Å². The van der Waals surface area contributed by atoms with Crippen molar-refractivity contribution in [3.63, 3.8) is 0 Å². The molecule has 188 valence electrons. The molecule has 0 saturated carbocycles. The monoisotopic (exact) mass is 520 g/mol. The quantitative estimate of drug-likeness (QED) is 0.513. The molecule has 3 N–H and O–H groups in total. The molecule has 2 aliphatic heterocycles. The van der Waals surface area contributed by atoms with Gasteiger partial charge in [0.05, 0.1) is 30.1 Å². The lowest BCUT2D eigenvalue weighted by atomic mass is 9.92. The van der Waals surface area contributed by atoms with Gasteiger partial charge in [-0.1, -0.05) is 23.7 Å². The number of hydrogen-bond donors (Lipinski definition) is 2. The van der Waals surface area contributed by atoms with Crippen LogP contribution in [0.1, 0.15) is 24.4 Å². The van der Waals surface area contributed by atoms with Crippen molar-refractivity contribution < 1.29 is 22.7 Å². The van der Waals surface area contributed by atoms with Crippen LogP contribution < -0.4 is 15.4 Å². The number of benzene rings is 2. The number of nitrogens with two attached hydrogens (primary N) is 1. The maximum atomic E-state index is 13.2. The van der Waals surface area contributed by atoms with E-state index in [2.05, 4.69) is 10.2 Å². The standard InChI is InChI=1S/C24H29ClN4O5S/c25-18-4-2-17(3-5-18)23-21(24(31)27-10-1-11-28-12-14-34-15-13-28)16-22(30)29(23)19-6-8-20(9-7-19)35(26,32)33/h2-9,21,23H,1,10-16H2,(H,27,31)(H2,26,32,33)/t21-,23+/m0/s1. The highest BCUT2D eigenvalue weighted by molar-refractivity contribution is 7.89. The minimum absolute atomic E-state index is 0.0412. The Balaban J connectivity index is 1.51. The molecule has 35 heavy (non-hydrogen) atoms. The first-order chi connectivity index (χ1) is 16.7. The summed E-state index contributed by atoms with van der Waals surface area (Å²) in [5.74, 6) is -1.02. The number of hydrogen-bond acceptors (Lipinski definition) is 6. The molecule has 11 heteroatoms. The third kappa shape index (κ3) is 6.20. The SMILES string of the molecule is NS(=O)(=O)c1ccc(N2C(=O)C[C@H](C(=O)NCCCN3CCOCC3)[C@H]2c2ccc(Cl)cc2)cc1. The molecule has 0 spiro atoms. The van der Waals surface area contributed by atoms with Crippen LogP contribution in [-0.2, 0) is 24.3 Å². The second kappa shape index (κ2) is 11.0. The lowest BCUT2D eigenvalue weighted by molar-refractivity contribution is -0.126. The van der Waals surface area contributed by atoms with E-state index in [4.69, 9.17) is 21.5 Å². The van der Waals surface area contributed by atoms with Gasteiger partial charge in [-0.2, -0.15) is 0 Å². The van der Waals surface area contributed by atoms with Crippen LogP contribution in [-0.4, -0.2) is 64.5 Å². The van der Waals surface area contributed by atoms with E-state index in [-0.39, 0.29) is 23.1 Å². The van der Waals surface area contributed by atoms with Crippen LogP contribution in [0.25, 0.3) is 0 Å². The summed E-state index contributed by atoms with van der Waals surface area (Å²) in [5, 5.41) is 8.75. The van der Waals surface area contributed by atoms with E-state index in [0.29, 0.717) is 17.3 Å². The molecule has 4 rings (SSSR count). The first kappa shape index (κ1) is 25.6. The second-order valence-corrected chi connectivity index (χ2v) is 10.7. The zero-order valence-electron chi connectivity index (χ0n) is 19.2. The van der Waals surface area contributed by atoms with Crippen molar-refractivity contribution in [2.45, 2.75) is 23.8 Å². The van der Waals surface area contributed by atoms with Gasteiger partial charge in [0, 0.05) is 36.8 Å². The van der Waals surface area contributed by atoms with Crippen LogP contribution in [0.5, 0.6) is 0 Å². The lowest BCUT2D eigenvalue weighted by Crippen LogP contribution is -2.39. The summed E-state index contributed by atoms with van der Waals surface area (Å²) in [6, 6.07) is 12.3. The zero-order chi connectivity index (χ0) is 25.0. The Morgan fingerprint density at radius 2 is 1.74 bits per heavy atom. The van der Waals surface area contributed by atoms with E-state index in [1.54, 1.807) is 29.2 Å². The number of sulfonamides is 1. The van der Waals surface area contributed by atoms with E-state index < -0.39 is 22.0 Å². The predicted octanol–water partition coefficient (Wildman–Crippen LogP) is 1.92. The Labute approximate surface area is 210 Å². The number of anilines is 1. The highest BCUT2D eigenvalue weighted by Crippen LogP contribution is 2.42. The predicted molar refractivity (Wildman–Crippen MR) is 132 cm³/mol. The zero-order valence-corrected chi connectivity index (χ0v) is 20.8. The van der Waals surface area contributed by atoms with Gasteiger partial charge in [-0.25, -0.2) is 13.6 Å². The van der Waals surface area contributed by atoms with Crippen molar-refractivity contribution in [3.05, 3.63) is 59.1 Å². The minimum atomic E-state index is -3.87. The molecule has 2 fully saturated rings. The molecular formula is C24H29ClN4O5S. The molecule has 2 aliphatic rings. The van der Waals surface area contributed by atoms with Crippen molar-refractivity contribution in [3.8, 4) is 0 Å². The molecule has 0 bridgehead atoms. The summed E-state index contributed by atoms with van der Waals surface area (Å²) in [5.41, 5.74) is 1.26. The highest BCUT2D eigenvalue weighted by Gasteiger charge is 2.45. The molecule has 0 unspecified atom stereocenters. The fourth-order valence-electron chi connectivity index (χ4n) is 4.58. The van der Waals surface area contributed by atoms with Crippen molar-refractivity contribution in [1.29, 1.82) is 0 Å². The van der Waals surface area contributed by atoms with E-state index in [9.17, 15) is 18.0 Å². The van der Waals surface area contributed by atoms with Crippen LogP contribution in [0.4, 0.5) is 5.69 Å². The molecule has 9 nitrogen and oxygen atoms in total. The topological polar surface area (TPSA) is 122 Å². The van der Waals surface area contributed by atoms with Crippen LogP contribution >= 0.6 is 11.6 Å². The van der Waals surface area contributed by atoms with Gasteiger partial charge in [-0.05, 0) is 54.9 Å². The van der Waals surface area contributed by atoms with Gasteiger partial charge in [-0.15, -0.1) is 0 Å². The molecule has 0 aromatic heterocycles. The summed E-state index contributed by atoms with van der Waals surface area (Å²) in [4.78, 5) is 30.1. The molecule has 0 radical (unpaired) electrons. The third-order valence-corrected chi connectivity index (χ3v) is 7.55. The van der Waals surface area contributed by atoms with Gasteiger partial charge in [0.25, 0.3) is 0 Å².